The van der Waals surface area contributed by atoms with E-state index in [1.54, 1.807) is 24.3 Å². The van der Waals surface area contributed by atoms with Crippen LogP contribution in [-0.2, 0) is 20.9 Å². The first-order chi connectivity index (χ1) is 17.8. The summed E-state index contributed by atoms with van der Waals surface area (Å²) in [6, 6.07) is 16.5. The SMILES string of the molecule is COC(=O)c1ccc(Cn2cc(/C=C3\C(=O)NC(=S)N(c4cccc(C)c4C)C3=O)c3ccccc32)o1. The van der Waals surface area contributed by atoms with Crippen molar-refractivity contribution >= 4 is 57.8 Å². The summed E-state index contributed by atoms with van der Waals surface area (Å²) in [6.45, 7) is 4.20. The predicted molar refractivity (Wildman–Crippen MR) is 143 cm³/mol. The van der Waals surface area contributed by atoms with Gasteiger partial charge in [-0.05, 0) is 67.5 Å². The van der Waals surface area contributed by atoms with Gasteiger partial charge in [0.1, 0.15) is 11.3 Å². The number of rotatable bonds is 5. The van der Waals surface area contributed by atoms with E-state index < -0.39 is 17.8 Å². The van der Waals surface area contributed by atoms with Gasteiger partial charge in [0.25, 0.3) is 11.8 Å². The Labute approximate surface area is 218 Å². The molecule has 1 fully saturated rings. The molecule has 8 nitrogen and oxygen atoms in total. The van der Waals surface area contributed by atoms with Gasteiger partial charge in [-0.3, -0.25) is 19.8 Å². The number of benzene rings is 2. The van der Waals surface area contributed by atoms with Crippen molar-refractivity contribution in [1.82, 2.24) is 9.88 Å². The Bertz CT molecular complexity index is 1630. The maximum absolute atomic E-state index is 13.6. The molecule has 2 amide bonds. The average Bonchev–Trinajstić information content (AvgIpc) is 3.49. The molecule has 5 rings (SSSR count). The van der Waals surface area contributed by atoms with E-state index in [1.807, 2.05) is 61.0 Å². The number of aromatic nitrogens is 1. The van der Waals surface area contributed by atoms with Gasteiger partial charge in [-0.1, -0.05) is 30.3 Å². The quantitative estimate of drug-likeness (QED) is 0.183. The van der Waals surface area contributed by atoms with E-state index in [2.05, 4.69) is 5.32 Å². The molecule has 0 radical (unpaired) electrons. The predicted octanol–water partition coefficient (Wildman–Crippen LogP) is 4.52. The molecule has 3 heterocycles. The lowest BCUT2D eigenvalue weighted by molar-refractivity contribution is -0.122. The minimum absolute atomic E-state index is 0.0246. The first-order valence-corrected chi connectivity index (χ1v) is 11.9. The number of nitrogens with one attached hydrogen (secondary N) is 1. The fourth-order valence-electron chi connectivity index (χ4n) is 4.37. The van der Waals surface area contributed by atoms with Crippen LogP contribution in [0.5, 0.6) is 0 Å². The van der Waals surface area contributed by atoms with E-state index >= 15 is 0 Å². The van der Waals surface area contributed by atoms with Crippen LogP contribution < -0.4 is 10.2 Å². The molecule has 186 valence electrons. The van der Waals surface area contributed by atoms with E-state index in [0.29, 0.717) is 23.6 Å². The monoisotopic (exact) mass is 513 g/mol. The average molecular weight is 514 g/mol. The number of ether oxygens (including phenoxy) is 1. The Kier molecular flexibility index (Phi) is 6.22. The third-order valence-electron chi connectivity index (χ3n) is 6.41. The second-order valence-electron chi connectivity index (χ2n) is 8.66. The van der Waals surface area contributed by atoms with Gasteiger partial charge in [-0.25, -0.2) is 4.79 Å². The molecule has 2 aromatic heterocycles. The van der Waals surface area contributed by atoms with Crippen molar-refractivity contribution < 1.29 is 23.5 Å². The minimum Gasteiger partial charge on any atom is -0.463 e. The van der Waals surface area contributed by atoms with Gasteiger partial charge in [0.05, 0.1) is 19.3 Å². The summed E-state index contributed by atoms with van der Waals surface area (Å²) >= 11 is 5.37. The largest absolute Gasteiger partial charge is 0.463 e. The van der Waals surface area contributed by atoms with Gasteiger partial charge < -0.3 is 13.7 Å². The molecule has 0 spiro atoms. The van der Waals surface area contributed by atoms with E-state index in [-0.39, 0.29) is 16.4 Å². The van der Waals surface area contributed by atoms with Crippen molar-refractivity contribution in [2.75, 3.05) is 12.0 Å². The smallest absolute Gasteiger partial charge is 0.373 e. The molecule has 0 bridgehead atoms. The molecule has 37 heavy (non-hydrogen) atoms. The summed E-state index contributed by atoms with van der Waals surface area (Å²) in [5, 5.41) is 3.55. The van der Waals surface area contributed by atoms with E-state index in [1.165, 1.54) is 12.0 Å². The first-order valence-electron chi connectivity index (χ1n) is 11.5. The lowest BCUT2D eigenvalue weighted by Gasteiger charge is -2.30. The Morgan fingerprint density at radius 2 is 1.86 bits per heavy atom. The second-order valence-corrected chi connectivity index (χ2v) is 9.05. The zero-order valence-electron chi connectivity index (χ0n) is 20.4. The Morgan fingerprint density at radius 1 is 1.08 bits per heavy atom. The number of nitrogens with zero attached hydrogens (tertiary/aromatic N) is 2. The molecular weight excluding hydrogens is 490 g/mol. The standard InChI is InChI=1S/C28H23N3O5S/c1-16-7-6-10-22(17(16)2)31-26(33)21(25(32)29-28(31)37)13-18-14-30(23-9-5-4-8-20(18)23)15-19-11-12-24(36-19)27(34)35-3/h4-14H,15H2,1-3H3,(H,29,32,37)/b21-13+. The number of methoxy groups -OCH3 is 1. The lowest BCUT2D eigenvalue weighted by Crippen LogP contribution is -2.54. The number of hydrogen-bond donors (Lipinski definition) is 1. The number of anilines is 1. The van der Waals surface area contributed by atoms with Crippen LogP contribution in [0.15, 0.2) is 70.8 Å². The number of furan rings is 1. The van der Waals surface area contributed by atoms with E-state index in [0.717, 1.165) is 22.0 Å². The van der Waals surface area contributed by atoms with Crippen molar-refractivity contribution in [3.63, 3.8) is 0 Å². The number of esters is 1. The fraction of sp³-hybridized carbons (Fsp3) is 0.143. The number of para-hydroxylation sites is 1. The summed E-state index contributed by atoms with van der Waals surface area (Å²) in [5.74, 6) is -0.932. The highest BCUT2D eigenvalue weighted by Gasteiger charge is 2.35. The minimum atomic E-state index is -0.554. The van der Waals surface area contributed by atoms with Gasteiger partial charge >= 0.3 is 5.97 Å². The zero-order valence-corrected chi connectivity index (χ0v) is 21.2. The van der Waals surface area contributed by atoms with Crippen molar-refractivity contribution in [2.45, 2.75) is 20.4 Å². The van der Waals surface area contributed by atoms with Gasteiger partial charge in [-0.2, -0.15) is 0 Å². The van der Waals surface area contributed by atoms with Crippen LogP contribution in [0.3, 0.4) is 0 Å². The molecule has 9 heteroatoms. The zero-order chi connectivity index (χ0) is 26.3. The number of aryl methyl sites for hydroxylation is 1. The Morgan fingerprint density at radius 3 is 2.65 bits per heavy atom. The fourth-order valence-corrected chi connectivity index (χ4v) is 4.65. The van der Waals surface area contributed by atoms with Crippen molar-refractivity contribution in [2.24, 2.45) is 0 Å². The number of fused-ring (bicyclic) bond motifs is 1. The van der Waals surface area contributed by atoms with Crippen LogP contribution in [0.2, 0.25) is 0 Å². The van der Waals surface area contributed by atoms with Crippen LogP contribution in [0.1, 0.15) is 33.0 Å². The number of carbonyl (C=O) groups excluding carboxylic acids is 3. The van der Waals surface area contributed by atoms with Crippen LogP contribution in [0, 0.1) is 13.8 Å². The Balaban J connectivity index is 1.55. The molecule has 0 aliphatic carbocycles. The van der Waals surface area contributed by atoms with Crippen molar-refractivity contribution in [3.8, 4) is 0 Å². The molecule has 2 aromatic carbocycles. The van der Waals surface area contributed by atoms with E-state index in [9.17, 15) is 14.4 Å². The second kappa shape index (κ2) is 9.51. The third-order valence-corrected chi connectivity index (χ3v) is 6.70. The molecule has 0 atom stereocenters. The molecule has 1 aliphatic rings. The molecule has 1 saturated heterocycles. The number of hydrogen-bond acceptors (Lipinski definition) is 6. The summed E-state index contributed by atoms with van der Waals surface area (Å²) in [6.07, 6.45) is 3.42. The number of carbonyl (C=O) groups is 3. The normalized spacial score (nSPS) is 14.9. The third kappa shape index (κ3) is 4.34. The first kappa shape index (κ1) is 24.2. The molecule has 4 aromatic rings. The van der Waals surface area contributed by atoms with Gasteiger partial charge in [0.2, 0.25) is 5.76 Å². The summed E-state index contributed by atoms with van der Waals surface area (Å²) < 4.78 is 12.3. The molecular formula is C28H23N3O5S. The maximum Gasteiger partial charge on any atom is 0.373 e. The highest BCUT2D eigenvalue weighted by molar-refractivity contribution is 7.80. The highest BCUT2D eigenvalue weighted by atomic mass is 32.1. The summed E-state index contributed by atoms with van der Waals surface area (Å²) in [7, 11) is 1.29. The highest BCUT2D eigenvalue weighted by Crippen LogP contribution is 2.29. The molecule has 1 N–H and O–H groups in total. The number of thiocarbonyl (C=S) groups is 1. The van der Waals surface area contributed by atoms with Crippen LogP contribution in [0.4, 0.5) is 5.69 Å². The van der Waals surface area contributed by atoms with Crippen LogP contribution in [0.25, 0.3) is 17.0 Å². The van der Waals surface area contributed by atoms with Gasteiger partial charge in [0, 0.05) is 22.7 Å². The molecule has 0 saturated carbocycles. The molecule has 0 unspecified atom stereocenters. The van der Waals surface area contributed by atoms with Gasteiger partial charge in [-0.15, -0.1) is 0 Å². The van der Waals surface area contributed by atoms with Crippen molar-refractivity contribution in [3.05, 3.63) is 94.6 Å². The van der Waals surface area contributed by atoms with E-state index in [4.69, 9.17) is 21.4 Å². The van der Waals surface area contributed by atoms with Crippen LogP contribution in [-0.4, -0.2) is 34.6 Å². The maximum atomic E-state index is 13.6. The summed E-state index contributed by atoms with van der Waals surface area (Å²) in [5.41, 5.74) is 4.06. The lowest BCUT2D eigenvalue weighted by atomic mass is 10.0. The Hall–Kier alpha value is -4.50. The number of amides is 2. The van der Waals surface area contributed by atoms with Crippen LogP contribution >= 0.6 is 12.2 Å². The molecule has 1 aliphatic heterocycles. The van der Waals surface area contributed by atoms with Crippen molar-refractivity contribution in [1.29, 1.82) is 0 Å². The van der Waals surface area contributed by atoms with Gasteiger partial charge in [0.15, 0.2) is 5.11 Å². The topological polar surface area (TPSA) is 93.8 Å². The summed E-state index contributed by atoms with van der Waals surface area (Å²) in [4.78, 5) is 39.6.